The van der Waals surface area contributed by atoms with Crippen LogP contribution in [-0.4, -0.2) is 5.91 Å². The first-order valence-corrected chi connectivity index (χ1v) is 6.71. The van der Waals surface area contributed by atoms with Gasteiger partial charge in [0.05, 0.1) is 11.3 Å². The van der Waals surface area contributed by atoms with E-state index < -0.39 is 5.91 Å². The second kappa shape index (κ2) is 6.22. The molecular formula is C15H12BrN3O. The zero-order chi connectivity index (χ0) is 14.5. The summed E-state index contributed by atoms with van der Waals surface area (Å²) in [6.07, 6.45) is 0. The molecule has 0 aliphatic heterocycles. The molecule has 2 aromatic rings. The van der Waals surface area contributed by atoms with Crippen LogP contribution in [0.5, 0.6) is 0 Å². The minimum atomic E-state index is -0.441. The lowest BCUT2D eigenvalue weighted by molar-refractivity contribution is 0.100. The smallest absolute Gasteiger partial charge is 0.248 e. The Morgan fingerprint density at radius 1 is 1.25 bits per heavy atom. The first kappa shape index (κ1) is 14.1. The van der Waals surface area contributed by atoms with Gasteiger partial charge in [-0.05, 0) is 35.9 Å². The van der Waals surface area contributed by atoms with Crippen molar-refractivity contribution in [3.05, 3.63) is 63.6 Å². The van der Waals surface area contributed by atoms with Crippen molar-refractivity contribution in [1.82, 2.24) is 0 Å². The van der Waals surface area contributed by atoms with Crippen LogP contribution in [0.2, 0.25) is 0 Å². The molecule has 0 saturated carbocycles. The van der Waals surface area contributed by atoms with E-state index in [2.05, 4.69) is 27.3 Å². The van der Waals surface area contributed by atoms with Crippen molar-refractivity contribution in [2.75, 3.05) is 5.32 Å². The number of amides is 1. The van der Waals surface area contributed by atoms with E-state index in [-0.39, 0.29) is 0 Å². The van der Waals surface area contributed by atoms with Gasteiger partial charge in [-0.25, -0.2) is 0 Å². The normalized spacial score (nSPS) is 9.80. The maximum Gasteiger partial charge on any atom is 0.248 e. The fourth-order valence-corrected chi connectivity index (χ4v) is 2.11. The van der Waals surface area contributed by atoms with E-state index in [1.807, 2.05) is 24.3 Å². The molecule has 0 unspecified atom stereocenters. The number of nitrogens with one attached hydrogen (secondary N) is 1. The Morgan fingerprint density at radius 3 is 2.55 bits per heavy atom. The van der Waals surface area contributed by atoms with Crippen LogP contribution in [0.25, 0.3) is 0 Å². The number of rotatable bonds is 4. The molecule has 0 radical (unpaired) electrons. The quantitative estimate of drug-likeness (QED) is 0.904. The molecule has 0 spiro atoms. The van der Waals surface area contributed by atoms with Crippen molar-refractivity contribution in [1.29, 1.82) is 5.26 Å². The molecule has 1 amide bonds. The van der Waals surface area contributed by atoms with E-state index in [0.29, 0.717) is 17.7 Å². The molecule has 0 atom stereocenters. The zero-order valence-corrected chi connectivity index (χ0v) is 12.1. The number of hydrogen-bond donors (Lipinski definition) is 2. The molecule has 0 aromatic heterocycles. The Hall–Kier alpha value is -2.32. The summed E-state index contributed by atoms with van der Waals surface area (Å²) in [6, 6.07) is 14.6. The molecule has 0 fully saturated rings. The second-order valence-corrected chi connectivity index (χ2v) is 5.13. The first-order chi connectivity index (χ1) is 9.60. The number of primary amides is 1. The summed E-state index contributed by atoms with van der Waals surface area (Å²) in [4.78, 5) is 11.0. The van der Waals surface area contributed by atoms with Gasteiger partial charge in [0.25, 0.3) is 0 Å². The highest BCUT2D eigenvalue weighted by Gasteiger charge is 2.03. The Morgan fingerprint density at radius 2 is 1.95 bits per heavy atom. The van der Waals surface area contributed by atoms with E-state index in [9.17, 15) is 4.79 Å². The third kappa shape index (κ3) is 3.37. The van der Waals surface area contributed by atoms with Crippen LogP contribution in [-0.2, 0) is 6.54 Å². The highest BCUT2D eigenvalue weighted by Crippen LogP contribution is 2.21. The van der Waals surface area contributed by atoms with E-state index in [1.165, 1.54) is 0 Å². The zero-order valence-electron chi connectivity index (χ0n) is 10.6. The first-order valence-electron chi connectivity index (χ1n) is 5.92. The number of carbonyl (C=O) groups excluding carboxylic acids is 1. The van der Waals surface area contributed by atoms with Crippen LogP contribution >= 0.6 is 15.9 Å². The van der Waals surface area contributed by atoms with Crippen molar-refractivity contribution in [2.45, 2.75) is 6.54 Å². The molecule has 4 nitrogen and oxygen atoms in total. The van der Waals surface area contributed by atoms with Gasteiger partial charge < -0.3 is 11.1 Å². The number of benzene rings is 2. The standard InChI is InChI=1S/C15H12BrN3O/c16-13-6-5-12(8-17)14(7-13)19-9-10-1-3-11(4-2-10)15(18)20/h1-7,19H,9H2,(H2,18,20). The predicted octanol–water partition coefficient (Wildman–Crippen LogP) is 3.03. The number of nitriles is 1. The van der Waals surface area contributed by atoms with Crippen molar-refractivity contribution >= 4 is 27.5 Å². The van der Waals surface area contributed by atoms with Crippen molar-refractivity contribution in [2.24, 2.45) is 5.73 Å². The molecule has 0 heterocycles. The summed E-state index contributed by atoms with van der Waals surface area (Å²) in [5, 5.41) is 12.2. The molecule has 2 rings (SSSR count). The Labute approximate surface area is 125 Å². The number of nitrogens with two attached hydrogens (primary N) is 1. The second-order valence-electron chi connectivity index (χ2n) is 4.22. The van der Waals surface area contributed by atoms with E-state index in [0.717, 1.165) is 15.7 Å². The Kier molecular flexibility index (Phi) is 4.38. The van der Waals surface area contributed by atoms with Crippen LogP contribution in [0.3, 0.4) is 0 Å². The van der Waals surface area contributed by atoms with Gasteiger partial charge in [0.1, 0.15) is 6.07 Å². The predicted molar refractivity (Wildman–Crippen MR) is 81.1 cm³/mol. The van der Waals surface area contributed by atoms with Gasteiger partial charge in [-0.2, -0.15) is 5.26 Å². The summed E-state index contributed by atoms with van der Waals surface area (Å²) in [5.41, 5.74) is 8.02. The van der Waals surface area contributed by atoms with Crippen molar-refractivity contribution in [3.8, 4) is 6.07 Å². The van der Waals surface area contributed by atoms with Crippen molar-refractivity contribution in [3.63, 3.8) is 0 Å². The summed E-state index contributed by atoms with van der Waals surface area (Å²) >= 11 is 3.38. The van der Waals surface area contributed by atoms with Gasteiger partial charge in [-0.15, -0.1) is 0 Å². The van der Waals surface area contributed by atoms with Crippen molar-refractivity contribution < 1.29 is 4.79 Å². The van der Waals surface area contributed by atoms with Gasteiger partial charge in [-0.1, -0.05) is 28.1 Å². The minimum absolute atomic E-state index is 0.441. The van der Waals surface area contributed by atoms with E-state index in [4.69, 9.17) is 11.0 Å². The summed E-state index contributed by atoms with van der Waals surface area (Å²) < 4.78 is 0.906. The lowest BCUT2D eigenvalue weighted by atomic mass is 10.1. The maximum atomic E-state index is 11.0. The van der Waals surface area contributed by atoms with Gasteiger partial charge in [-0.3, -0.25) is 4.79 Å². The molecule has 3 N–H and O–H groups in total. The SMILES string of the molecule is N#Cc1ccc(Br)cc1NCc1ccc(C(N)=O)cc1. The number of anilines is 1. The fourth-order valence-electron chi connectivity index (χ4n) is 1.74. The third-order valence-corrected chi connectivity index (χ3v) is 3.32. The molecule has 0 aliphatic carbocycles. The molecule has 2 aromatic carbocycles. The number of halogens is 1. The lowest BCUT2D eigenvalue weighted by Crippen LogP contribution is -2.10. The minimum Gasteiger partial charge on any atom is -0.380 e. The number of hydrogen-bond acceptors (Lipinski definition) is 3. The number of carbonyl (C=O) groups is 1. The molecule has 0 aliphatic rings. The Balaban J connectivity index is 2.11. The topological polar surface area (TPSA) is 78.9 Å². The maximum absolute atomic E-state index is 11.0. The summed E-state index contributed by atoms with van der Waals surface area (Å²) in [7, 11) is 0. The molecular weight excluding hydrogens is 318 g/mol. The largest absolute Gasteiger partial charge is 0.380 e. The molecule has 0 saturated heterocycles. The van der Waals surface area contributed by atoms with Gasteiger partial charge in [0.15, 0.2) is 0 Å². The van der Waals surface area contributed by atoms with Crippen LogP contribution in [0, 0.1) is 11.3 Å². The van der Waals surface area contributed by atoms with Crippen LogP contribution in [0.15, 0.2) is 46.9 Å². The van der Waals surface area contributed by atoms with E-state index >= 15 is 0 Å². The van der Waals surface area contributed by atoms with Gasteiger partial charge >= 0.3 is 0 Å². The van der Waals surface area contributed by atoms with Gasteiger partial charge in [0.2, 0.25) is 5.91 Å². The molecule has 5 heteroatoms. The lowest BCUT2D eigenvalue weighted by Gasteiger charge is -2.09. The van der Waals surface area contributed by atoms with E-state index in [1.54, 1.807) is 18.2 Å². The van der Waals surface area contributed by atoms with Crippen LogP contribution in [0.1, 0.15) is 21.5 Å². The molecule has 100 valence electrons. The summed E-state index contributed by atoms with van der Waals surface area (Å²) in [5.74, 6) is -0.441. The summed E-state index contributed by atoms with van der Waals surface area (Å²) in [6.45, 7) is 0.560. The average Bonchev–Trinajstić information content (AvgIpc) is 2.45. The van der Waals surface area contributed by atoms with Crippen LogP contribution in [0.4, 0.5) is 5.69 Å². The molecule has 0 bridgehead atoms. The Bertz CT molecular complexity index is 675. The third-order valence-electron chi connectivity index (χ3n) is 2.82. The monoisotopic (exact) mass is 329 g/mol. The van der Waals surface area contributed by atoms with Gasteiger partial charge in [0, 0.05) is 16.6 Å². The highest BCUT2D eigenvalue weighted by atomic mass is 79.9. The number of nitrogens with zero attached hydrogens (tertiary/aromatic N) is 1. The van der Waals surface area contributed by atoms with Crippen LogP contribution < -0.4 is 11.1 Å². The fraction of sp³-hybridized carbons (Fsp3) is 0.0667. The molecule has 20 heavy (non-hydrogen) atoms. The highest BCUT2D eigenvalue weighted by molar-refractivity contribution is 9.10. The average molecular weight is 330 g/mol.